The van der Waals surface area contributed by atoms with Gasteiger partial charge in [0.2, 0.25) is 5.65 Å². The average molecular weight is 232 g/mol. The van der Waals surface area contributed by atoms with Crippen LogP contribution in [0.1, 0.15) is 19.2 Å². The molecule has 0 saturated carbocycles. The van der Waals surface area contributed by atoms with Crippen LogP contribution in [0.25, 0.3) is 5.65 Å². The summed E-state index contributed by atoms with van der Waals surface area (Å²) in [4.78, 5) is 6.55. The number of nitrogens with two attached hydrogens (primary N) is 1. The van der Waals surface area contributed by atoms with E-state index in [-0.39, 0.29) is 5.54 Å². The summed E-state index contributed by atoms with van der Waals surface area (Å²) < 4.78 is 1.95. The fourth-order valence-corrected chi connectivity index (χ4v) is 2.24. The predicted octanol–water partition coefficient (Wildman–Crippen LogP) is 0.360. The van der Waals surface area contributed by atoms with Gasteiger partial charge in [0.05, 0.1) is 5.54 Å². The predicted molar refractivity (Wildman–Crippen MR) is 64.9 cm³/mol. The zero-order valence-corrected chi connectivity index (χ0v) is 10.1. The monoisotopic (exact) mass is 232 g/mol. The van der Waals surface area contributed by atoms with Crippen LogP contribution in [0.15, 0.2) is 12.4 Å². The van der Waals surface area contributed by atoms with E-state index in [2.05, 4.69) is 27.0 Å². The molecule has 0 amide bonds. The van der Waals surface area contributed by atoms with Gasteiger partial charge in [0.25, 0.3) is 0 Å². The fraction of sp³-hybridized carbons (Fsp3) is 0.545. The molecule has 0 atom stereocenters. The lowest BCUT2D eigenvalue weighted by Gasteiger charge is -2.47. The number of fused-ring (bicyclic) bond motifs is 1. The Morgan fingerprint density at radius 2 is 2.18 bits per heavy atom. The number of hydrogen-bond acceptors (Lipinski definition) is 5. The van der Waals surface area contributed by atoms with Gasteiger partial charge < -0.3 is 10.6 Å². The van der Waals surface area contributed by atoms with Crippen LogP contribution >= 0.6 is 0 Å². The minimum atomic E-state index is -0.0659. The topological polar surface area (TPSA) is 72.3 Å². The second-order valence-corrected chi connectivity index (χ2v) is 4.76. The summed E-state index contributed by atoms with van der Waals surface area (Å²) >= 11 is 0. The Morgan fingerprint density at radius 3 is 2.88 bits per heavy atom. The van der Waals surface area contributed by atoms with Crippen molar-refractivity contribution >= 4 is 11.5 Å². The van der Waals surface area contributed by atoms with Gasteiger partial charge in [-0.3, -0.25) is 4.40 Å². The number of anilines is 1. The summed E-state index contributed by atoms with van der Waals surface area (Å²) in [5, 5.41) is 8.23. The maximum atomic E-state index is 6.17. The van der Waals surface area contributed by atoms with Gasteiger partial charge in [-0.1, -0.05) is 6.92 Å². The zero-order valence-electron chi connectivity index (χ0n) is 10.1. The van der Waals surface area contributed by atoms with E-state index in [0.29, 0.717) is 0 Å². The molecule has 0 spiro atoms. The van der Waals surface area contributed by atoms with Crippen LogP contribution in [0.2, 0.25) is 0 Å². The summed E-state index contributed by atoms with van der Waals surface area (Å²) in [7, 11) is 0. The lowest BCUT2D eigenvalue weighted by Crippen LogP contribution is -2.67. The summed E-state index contributed by atoms with van der Waals surface area (Å²) in [5.74, 6) is 1.75. The maximum Gasteiger partial charge on any atom is 0.203 e. The van der Waals surface area contributed by atoms with Crippen molar-refractivity contribution in [2.24, 2.45) is 5.73 Å². The van der Waals surface area contributed by atoms with Crippen LogP contribution in [0, 0.1) is 6.92 Å². The van der Waals surface area contributed by atoms with Gasteiger partial charge in [0, 0.05) is 25.5 Å². The van der Waals surface area contributed by atoms with E-state index in [9.17, 15) is 0 Å². The molecule has 2 N–H and O–H groups in total. The van der Waals surface area contributed by atoms with Crippen LogP contribution in [0.4, 0.5) is 5.82 Å². The third-order valence-electron chi connectivity index (χ3n) is 3.49. The number of nitrogens with zero attached hydrogens (tertiary/aromatic N) is 5. The first kappa shape index (κ1) is 10.5. The summed E-state index contributed by atoms with van der Waals surface area (Å²) in [5.41, 5.74) is 6.91. The van der Waals surface area contributed by atoms with Crippen molar-refractivity contribution in [1.29, 1.82) is 0 Å². The molecule has 0 aromatic carbocycles. The van der Waals surface area contributed by atoms with Gasteiger partial charge in [-0.25, -0.2) is 4.98 Å². The van der Waals surface area contributed by atoms with E-state index in [0.717, 1.165) is 36.8 Å². The van der Waals surface area contributed by atoms with E-state index >= 15 is 0 Å². The van der Waals surface area contributed by atoms with Crippen molar-refractivity contribution in [3.8, 4) is 0 Å². The zero-order chi connectivity index (χ0) is 12.0. The van der Waals surface area contributed by atoms with Crippen LogP contribution in [-0.2, 0) is 0 Å². The van der Waals surface area contributed by atoms with Crippen LogP contribution in [0.5, 0.6) is 0 Å². The van der Waals surface area contributed by atoms with Crippen LogP contribution in [0.3, 0.4) is 0 Å². The highest BCUT2D eigenvalue weighted by Crippen LogP contribution is 2.28. The first-order chi connectivity index (χ1) is 8.13. The number of aromatic nitrogens is 4. The Hall–Kier alpha value is -1.69. The molecular formula is C11H16N6. The quantitative estimate of drug-likeness (QED) is 0.809. The Balaban J connectivity index is 1.97. The molecule has 0 unspecified atom stereocenters. The minimum absolute atomic E-state index is 0.0659. The Bertz CT molecular complexity index is 554. The Kier molecular flexibility index (Phi) is 2.09. The highest BCUT2D eigenvalue weighted by Gasteiger charge is 2.39. The van der Waals surface area contributed by atoms with Gasteiger partial charge in [-0.15, -0.1) is 10.2 Å². The number of aryl methyl sites for hydroxylation is 1. The summed E-state index contributed by atoms with van der Waals surface area (Å²) in [6.07, 6.45) is 4.64. The van der Waals surface area contributed by atoms with E-state index in [1.54, 1.807) is 6.20 Å². The highest BCUT2D eigenvalue weighted by atomic mass is 15.3. The van der Waals surface area contributed by atoms with Crippen molar-refractivity contribution in [2.45, 2.75) is 25.8 Å². The largest absolute Gasteiger partial charge is 0.350 e. The van der Waals surface area contributed by atoms with Gasteiger partial charge in [0.1, 0.15) is 5.82 Å². The van der Waals surface area contributed by atoms with Crippen LogP contribution < -0.4 is 10.6 Å². The molecule has 3 heterocycles. The fourth-order valence-electron chi connectivity index (χ4n) is 2.24. The molecule has 90 valence electrons. The molecule has 1 saturated heterocycles. The molecule has 3 rings (SSSR count). The molecule has 1 aliphatic rings. The van der Waals surface area contributed by atoms with E-state index < -0.39 is 0 Å². The van der Waals surface area contributed by atoms with E-state index in [1.807, 2.05) is 17.5 Å². The van der Waals surface area contributed by atoms with E-state index in [1.165, 1.54) is 0 Å². The van der Waals surface area contributed by atoms with Gasteiger partial charge in [-0.2, -0.15) is 0 Å². The third-order valence-corrected chi connectivity index (χ3v) is 3.49. The molecule has 1 fully saturated rings. The molecular weight excluding hydrogens is 216 g/mol. The lowest BCUT2D eigenvalue weighted by molar-refractivity contribution is 0.320. The summed E-state index contributed by atoms with van der Waals surface area (Å²) in [6, 6.07) is 0. The van der Waals surface area contributed by atoms with Crippen molar-refractivity contribution in [3.05, 3.63) is 18.2 Å². The summed E-state index contributed by atoms with van der Waals surface area (Å²) in [6.45, 7) is 5.72. The van der Waals surface area contributed by atoms with Crippen LogP contribution in [-0.4, -0.2) is 38.2 Å². The Labute approximate surface area is 99.5 Å². The third kappa shape index (κ3) is 1.48. The molecule has 6 heteroatoms. The van der Waals surface area contributed by atoms with Crippen molar-refractivity contribution in [3.63, 3.8) is 0 Å². The van der Waals surface area contributed by atoms with Gasteiger partial charge >= 0.3 is 0 Å². The SMILES string of the molecule is CCC1(N)CN(c2nccn3c(C)nnc23)C1. The van der Waals surface area contributed by atoms with Gasteiger partial charge in [0.15, 0.2) is 5.82 Å². The smallest absolute Gasteiger partial charge is 0.203 e. The molecule has 0 aliphatic carbocycles. The molecule has 0 radical (unpaired) electrons. The molecule has 6 nitrogen and oxygen atoms in total. The first-order valence-electron chi connectivity index (χ1n) is 5.83. The molecule has 0 bridgehead atoms. The van der Waals surface area contributed by atoms with Crippen molar-refractivity contribution in [1.82, 2.24) is 19.6 Å². The highest BCUT2D eigenvalue weighted by molar-refractivity contribution is 5.65. The number of hydrogen-bond donors (Lipinski definition) is 1. The van der Waals surface area contributed by atoms with E-state index in [4.69, 9.17) is 5.73 Å². The standard InChI is InChI=1S/C11H16N6/c1-3-11(12)6-16(7-11)9-10-15-14-8(2)17(10)5-4-13-9/h4-5H,3,6-7,12H2,1-2H3. The maximum absolute atomic E-state index is 6.17. The second kappa shape index (κ2) is 3.40. The molecule has 1 aliphatic heterocycles. The second-order valence-electron chi connectivity index (χ2n) is 4.76. The first-order valence-corrected chi connectivity index (χ1v) is 5.83. The number of rotatable bonds is 2. The normalized spacial score (nSPS) is 18.4. The Morgan fingerprint density at radius 1 is 1.41 bits per heavy atom. The minimum Gasteiger partial charge on any atom is -0.350 e. The van der Waals surface area contributed by atoms with Crippen molar-refractivity contribution in [2.75, 3.05) is 18.0 Å². The lowest BCUT2D eigenvalue weighted by atomic mass is 9.88. The molecule has 17 heavy (non-hydrogen) atoms. The molecule has 2 aromatic rings. The van der Waals surface area contributed by atoms with Gasteiger partial charge in [-0.05, 0) is 13.3 Å². The van der Waals surface area contributed by atoms with Crippen molar-refractivity contribution < 1.29 is 0 Å². The average Bonchev–Trinajstić information content (AvgIpc) is 2.67. The molecule has 2 aromatic heterocycles.